The number of hydrogen-bond donors (Lipinski definition) is 0. The number of unbranched alkanes of at least 4 members (excludes halogenated alkanes) is 2. The maximum absolute atomic E-state index is 5.83. The second kappa shape index (κ2) is 8.84. The molecule has 0 N–H and O–H groups in total. The van der Waals surface area contributed by atoms with Crippen molar-refractivity contribution in [3.8, 4) is 11.5 Å². The van der Waals surface area contributed by atoms with Crippen LogP contribution < -0.4 is 9.47 Å². The first kappa shape index (κ1) is 14.9. The van der Waals surface area contributed by atoms with Gasteiger partial charge in [-0.3, -0.25) is 0 Å². The van der Waals surface area contributed by atoms with Gasteiger partial charge in [-0.25, -0.2) is 0 Å². The fourth-order valence-corrected chi connectivity index (χ4v) is 1.97. The molecule has 2 heteroatoms. The van der Waals surface area contributed by atoms with Crippen molar-refractivity contribution in [2.45, 2.75) is 46.0 Å². The minimum absolute atomic E-state index is 0.679. The van der Waals surface area contributed by atoms with Crippen molar-refractivity contribution >= 4 is 0 Å². The summed E-state index contributed by atoms with van der Waals surface area (Å²) in [5, 5.41) is 0. The van der Waals surface area contributed by atoms with Crippen LogP contribution in [0.3, 0.4) is 0 Å². The van der Waals surface area contributed by atoms with Gasteiger partial charge < -0.3 is 9.47 Å². The Morgan fingerprint density at radius 1 is 1.00 bits per heavy atom. The van der Waals surface area contributed by atoms with E-state index in [0.29, 0.717) is 5.92 Å². The molecule has 0 spiro atoms. The Morgan fingerprint density at radius 3 is 2.22 bits per heavy atom. The highest BCUT2D eigenvalue weighted by atomic mass is 16.5. The third kappa shape index (κ3) is 5.44. The highest BCUT2D eigenvalue weighted by Crippen LogP contribution is 2.20. The average molecular weight is 250 g/mol. The molecule has 1 rings (SSSR count). The van der Waals surface area contributed by atoms with Gasteiger partial charge in [-0.05, 0) is 36.6 Å². The van der Waals surface area contributed by atoms with Crippen molar-refractivity contribution in [1.29, 1.82) is 0 Å². The molecule has 0 aliphatic heterocycles. The Balaban J connectivity index is 2.32. The quantitative estimate of drug-likeness (QED) is 0.592. The smallest absolute Gasteiger partial charge is 0.119 e. The number of methoxy groups -OCH3 is 1. The fraction of sp³-hybridized carbons (Fsp3) is 0.625. The Hall–Kier alpha value is -1.18. The van der Waals surface area contributed by atoms with Gasteiger partial charge in [0.05, 0.1) is 13.7 Å². The van der Waals surface area contributed by atoms with E-state index < -0.39 is 0 Å². The van der Waals surface area contributed by atoms with E-state index in [0.717, 1.165) is 18.1 Å². The topological polar surface area (TPSA) is 18.5 Å². The molecule has 18 heavy (non-hydrogen) atoms. The monoisotopic (exact) mass is 250 g/mol. The van der Waals surface area contributed by atoms with Crippen LogP contribution in [0.5, 0.6) is 11.5 Å². The molecular weight excluding hydrogens is 224 g/mol. The fourth-order valence-electron chi connectivity index (χ4n) is 1.97. The number of ether oxygens (including phenoxy) is 2. The summed E-state index contributed by atoms with van der Waals surface area (Å²) in [5.41, 5.74) is 0. The standard InChI is InChI=1S/C16H26O2/c1-4-6-7-8-14(5-2)13-18-16-11-9-15(17-3)10-12-16/h9-12,14H,4-8,13H2,1-3H3. The third-order valence-electron chi connectivity index (χ3n) is 3.34. The van der Waals surface area contributed by atoms with Gasteiger partial charge in [0.2, 0.25) is 0 Å². The van der Waals surface area contributed by atoms with E-state index in [-0.39, 0.29) is 0 Å². The van der Waals surface area contributed by atoms with Gasteiger partial charge in [-0.2, -0.15) is 0 Å². The van der Waals surface area contributed by atoms with E-state index in [9.17, 15) is 0 Å². The van der Waals surface area contributed by atoms with Gasteiger partial charge in [-0.1, -0.05) is 39.5 Å². The van der Waals surface area contributed by atoms with Crippen molar-refractivity contribution in [3.05, 3.63) is 24.3 Å². The van der Waals surface area contributed by atoms with Crippen LogP contribution in [-0.4, -0.2) is 13.7 Å². The zero-order chi connectivity index (χ0) is 13.2. The summed E-state index contributed by atoms with van der Waals surface area (Å²) in [6.07, 6.45) is 6.41. The van der Waals surface area contributed by atoms with Crippen molar-refractivity contribution in [3.63, 3.8) is 0 Å². The second-order valence-electron chi connectivity index (χ2n) is 4.76. The molecule has 0 radical (unpaired) electrons. The van der Waals surface area contributed by atoms with Crippen LogP contribution >= 0.6 is 0 Å². The Kier molecular flexibility index (Phi) is 7.31. The third-order valence-corrected chi connectivity index (χ3v) is 3.34. The summed E-state index contributed by atoms with van der Waals surface area (Å²) in [4.78, 5) is 0. The summed E-state index contributed by atoms with van der Waals surface area (Å²) < 4.78 is 11.0. The first-order valence-corrected chi connectivity index (χ1v) is 7.07. The van der Waals surface area contributed by atoms with Crippen LogP contribution in [-0.2, 0) is 0 Å². The molecule has 0 aliphatic carbocycles. The lowest BCUT2D eigenvalue weighted by molar-refractivity contribution is 0.232. The molecular formula is C16H26O2. The Labute approximate surface area is 111 Å². The molecule has 1 atom stereocenters. The molecule has 0 bridgehead atoms. The van der Waals surface area contributed by atoms with Crippen LogP contribution in [0.4, 0.5) is 0 Å². The van der Waals surface area contributed by atoms with E-state index in [1.54, 1.807) is 7.11 Å². The van der Waals surface area contributed by atoms with E-state index in [1.165, 1.54) is 32.1 Å². The number of hydrogen-bond acceptors (Lipinski definition) is 2. The normalized spacial score (nSPS) is 12.2. The molecule has 1 aromatic carbocycles. The molecule has 1 aromatic rings. The van der Waals surface area contributed by atoms with E-state index >= 15 is 0 Å². The first-order valence-electron chi connectivity index (χ1n) is 7.07. The van der Waals surface area contributed by atoms with E-state index in [1.807, 2.05) is 24.3 Å². The molecule has 102 valence electrons. The molecule has 0 heterocycles. The zero-order valence-electron chi connectivity index (χ0n) is 11.9. The van der Waals surface area contributed by atoms with Gasteiger partial charge in [-0.15, -0.1) is 0 Å². The second-order valence-corrected chi connectivity index (χ2v) is 4.76. The van der Waals surface area contributed by atoms with Gasteiger partial charge in [0.1, 0.15) is 11.5 Å². The summed E-state index contributed by atoms with van der Waals surface area (Å²) in [7, 11) is 1.68. The molecule has 0 aromatic heterocycles. The van der Waals surface area contributed by atoms with Crippen molar-refractivity contribution < 1.29 is 9.47 Å². The van der Waals surface area contributed by atoms with Gasteiger partial charge in [0.15, 0.2) is 0 Å². The maximum Gasteiger partial charge on any atom is 0.119 e. The predicted octanol–water partition coefficient (Wildman–Crippen LogP) is 4.68. The lowest BCUT2D eigenvalue weighted by Crippen LogP contribution is -2.11. The molecule has 1 unspecified atom stereocenters. The van der Waals surface area contributed by atoms with E-state index in [4.69, 9.17) is 9.47 Å². The minimum Gasteiger partial charge on any atom is -0.497 e. The molecule has 0 aliphatic rings. The summed E-state index contributed by atoms with van der Waals surface area (Å²) in [5.74, 6) is 2.49. The lowest BCUT2D eigenvalue weighted by atomic mass is 10.00. The largest absolute Gasteiger partial charge is 0.497 e. The van der Waals surface area contributed by atoms with Gasteiger partial charge in [0, 0.05) is 0 Å². The zero-order valence-corrected chi connectivity index (χ0v) is 11.9. The predicted molar refractivity (Wildman–Crippen MR) is 76.4 cm³/mol. The Morgan fingerprint density at radius 2 is 1.67 bits per heavy atom. The molecule has 0 amide bonds. The lowest BCUT2D eigenvalue weighted by Gasteiger charge is -2.15. The molecule has 2 nitrogen and oxygen atoms in total. The summed E-state index contributed by atoms with van der Waals surface area (Å²) in [6.45, 7) is 5.31. The maximum atomic E-state index is 5.83. The number of benzene rings is 1. The average Bonchev–Trinajstić information content (AvgIpc) is 2.43. The summed E-state index contributed by atoms with van der Waals surface area (Å²) in [6, 6.07) is 7.82. The summed E-state index contributed by atoms with van der Waals surface area (Å²) >= 11 is 0. The van der Waals surface area contributed by atoms with Crippen LogP contribution in [0.15, 0.2) is 24.3 Å². The highest BCUT2D eigenvalue weighted by molar-refractivity contribution is 5.31. The first-order chi connectivity index (χ1) is 8.80. The van der Waals surface area contributed by atoms with Gasteiger partial charge in [0.25, 0.3) is 0 Å². The van der Waals surface area contributed by atoms with Crippen molar-refractivity contribution in [2.24, 2.45) is 5.92 Å². The van der Waals surface area contributed by atoms with E-state index in [2.05, 4.69) is 13.8 Å². The molecule has 0 fully saturated rings. The van der Waals surface area contributed by atoms with Crippen LogP contribution in [0.1, 0.15) is 46.0 Å². The SMILES string of the molecule is CCCCCC(CC)COc1ccc(OC)cc1. The molecule has 0 saturated heterocycles. The van der Waals surface area contributed by atoms with Crippen molar-refractivity contribution in [2.75, 3.05) is 13.7 Å². The number of rotatable bonds is 9. The highest BCUT2D eigenvalue weighted by Gasteiger charge is 2.07. The minimum atomic E-state index is 0.679. The Bertz CT molecular complexity index is 305. The van der Waals surface area contributed by atoms with Crippen LogP contribution in [0.2, 0.25) is 0 Å². The van der Waals surface area contributed by atoms with Gasteiger partial charge >= 0.3 is 0 Å². The molecule has 0 saturated carbocycles. The van der Waals surface area contributed by atoms with Crippen LogP contribution in [0, 0.1) is 5.92 Å². The van der Waals surface area contributed by atoms with Crippen LogP contribution in [0.25, 0.3) is 0 Å². The van der Waals surface area contributed by atoms with Crippen molar-refractivity contribution in [1.82, 2.24) is 0 Å².